The molecule has 2 rings (SSSR count). The number of piperidine rings is 1. The van der Waals surface area contributed by atoms with Crippen LogP contribution in [0.5, 0.6) is 0 Å². The molecule has 0 bridgehead atoms. The van der Waals surface area contributed by atoms with Crippen molar-refractivity contribution >= 4 is 23.4 Å². The van der Waals surface area contributed by atoms with Crippen molar-refractivity contribution in [3.63, 3.8) is 0 Å². The van der Waals surface area contributed by atoms with E-state index in [9.17, 15) is 4.79 Å². The summed E-state index contributed by atoms with van der Waals surface area (Å²) in [5, 5.41) is 9.98. The standard InChI is InChI=1S/C20H35N5O2S/c1-7-21-18(22-11-16-13-28-17(23-16)14(2)3)24-15-9-8-10-25(12-15)19(26)27-20(4,5)6/h13-15H,7-12H2,1-6H3,(H2,21,22,24). The predicted molar refractivity (Wildman–Crippen MR) is 115 cm³/mol. The van der Waals surface area contributed by atoms with Crippen LogP contribution in [0.15, 0.2) is 10.4 Å². The number of rotatable bonds is 5. The molecule has 1 saturated heterocycles. The van der Waals surface area contributed by atoms with Crippen LogP contribution in [0.1, 0.15) is 71.0 Å². The molecule has 1 fully saturated rings. The average Bonchev–Trinajstić information content (AvgIpc) is 3.08. The van der Waals surface area contributed by atoms with Gasteiger partial charge in [0.25, 0.3) is 0 Å². The van der Waals surface area contributed by atoms with E-state index in [0.717, 1.165) is 42.6 Å². The van der Waals surface area contributed by atoms with Crippen molar-refractivity contribution in [1.82, 2.24) is 20.5 Å². The number of aromatic nitrogens is 1. The third-order valence-electron chi connectivity index (χ3n) is 4.22. The smallest absolute Gasteiger partial charge is 0.410 e. The molecule has 1 amide bonds. The van der Waals surface area contributed by atoms with Crippen LogP contribution in [0, 0.1) is 0 Å². The van der Waals surface area contributed by atoms with Gasteiger partial charge in [-0.15, -0.1) is 11.3 Å². The van der Waals surface area contributed by atoms with Gasteiger partial charge in [0.1, 0.15) is 5.60 Å². The molecular formula is C20H35N5O2S. The Bertz CT molecular complexity index is 666. The lowest BCUT2D eigenvalue weighted by atomic mass is 10.1. The van der Waals surface area contributed by atoms with Crippen molar-refractivity contribution in [1.29, 1.82) is 0 Å². The summed E-state index contributed by atoms with van der Waals surface area (Å²) in [6, 6.07) is 0.153. The number of thiazole rings is 1. The number of aliphatic imine (C=N–C) groups is 1. The van der Waals surface area contributed by atoms with E-state index in [-0.39, 0.29) is 12.1 Å². The largest absolute Gasteiger partial charge is 0.444 e. The van der Waals surface area contributed by atoms with Crippen molar-refractivity contribution in [2.45, 2.75) is 78.5 Å². The summed E-state index contributed by atoms with van der Waals surface area (Å²) >= 11 is 1.69. The summed E-state index contributed by atoms with van der Waals surface area (Å²) in [5.74, 6) is 1.20. The van der Waals surface area contributed by atoms with Crippen LogP contribution in [0.4, 0.5) is 4.79 Å². The Kier molecular flexibility index (Phi) is 8.10. The number of hydrogen-bond donors (Lipinski definition) is 2. The highest BCUT2D eigenvalue weighted by atomic mass is 32.1. The lowest BCUT2D eigenvalue weighted by Crippen LogP contribution is -2.53. The van der Waals surface area contributed by atoms with E-state index in [2.05, 4.69) is 39.8 Å². The van der Waals surface area contributed by atoms with E-state index in [1.165, 1.54) is 0 Å². The second-order valence-corrected chi connectivity index (χ2v) is 9.33. The van der Waals surface area contributed by atoms with Gasteiger partial charge in [-0.25, -0.2) is 14.8 Å². The van der Waals surface area contributed by atoms with Crippen molar-refractivity contribution in [3.8, 4) is 0 Å². The maximum atomic E-state index is 12.4. The summed E-state index contributed by atoms with van der Waals surface area (Å²) in [6.07, 6.45) is 1.70. The van der Waals surface area contributed by atoms with Crippen molar-refractivity contribution in [2.75, 3.05) is 19.6 Å². The van der Waals surface area contributed by atoms with E-state index in [1.807, 2.05) is 27.7 Å². The van der Waals surface area contributed by atoms with E-state index >= 15 is 0 Å². The predicted octanol–water partition coefficient (Wildman–Crippen LogP) is 3.72. The summed E-state index contributed by atoms with van der Waals surface area (Å²) < 4.78 is 5.51. The van der Waals surface area contributed by atoms with Gasteiger partial charge >= 0.3 is 6.09 Å². The lowest BCUT2D eigenvalue weighted by molar-refractivity contribution is 0.0193. The molecule has 0 aromatic carbocycles. The number of guanidine groups is 1. The van der Waals surface area contributed by atoms with Crippen LogP contribution >= 0.6 is 11.3 Å². The van der Waals surface area contributed by atoms with Crippen LogP contribution < -0.4 is 10.6 Å². The fourth-order valence-corrected chi connectivity index (χ4v) is 3.75. The fourth-order valence-electron chi connectivity index (χ4n) is 2.92. The zero-order chi connectivity index (χ0) is 20.7. The van der Waals surface area contributed by atoms with Gasteiger partial charge in [-0.05, 0) is 40.5 Å². The minimum absolute atomic E-state index is 0.153. The molecule has 1 aliphatic heterocycles. The normalized spacial score (nSPS) is 18.3. The first kappa shape index (κ1) is 22.5. The SMILES string of the molecule is CCNC(=NCc1csc(C(C)C)n1)NC1CCCN(C(=O)OC(C)(C)C)C1. The lowest BCUT2D eigenvalue weighted by Gasteiger charge is -2.35. The molecule has 7 nitrogen and oxygen atoms in total. The summed E-state index contributed by atoms with van der Waals surface area (Å²) in [6.45, 7) is 14.7. The Morgan fingerprint density at radius 3 is 2.82 bits per heavy atom. The van der Waals surface area contributed by atoms with E-state index in [4.69, 9.17) is 4.74 Å². The number of carbonyl (C=O) groups excluding carboxylic acids is 1. The molecule has 28 heavy (non-hydrogen) atoms. The Balaban J connectivity index is 1.95. The molecule has 0 spiro atoms. The third kappa shape index (κ3) is 7.30. The quantitative estimate of drug-likeness (QED) is 0.572. The first-order chi connectivity index (χ1) is 13.2. The molecule has 0 saturated carbocycles. The highest BCUT2D eigenvalue weighted by Gasteiger charge is 2.28. The second kappa shape index (κ2) is 10.1. The zero-order valence-corrected chi connectivity index (χ0v) is 18.9. The Hall–Kier alpha value is -1.83. The molecule has 2 N–H and O–H groups in total. The first-order valence-corrected chi connectivity index (χ1v) is 11.0. The van der Waals surface area contributed by atoms with Gasteiger partial charge in [-0.2, -0.15) is 0 Å². The number of hydrogen-bond acceptors (Lipinski definition) is 5. The van der Waals surface area contributed by atoms with E-state index in [1.54, 1.807) is 16.2 Å². The van der Waals surface area contributed by atoms with E-state index < -0.39 is 5.60 Å². The number of carbonyl (C=O) groups is 1. The van der Waals surface area contributed by atoms with Gasteiger partial charge in [0.15, 0.2) is 5.96 Å². The highest BCUT2D eigenvalue weighted by Crippen LogP contribution is 2.19. The maximum Gasteiger partial charge on any atom is 0.410 e. The molecule has 1 aromatic heterocycles. The molecule has 158 valence electrons. The molecule has 1 atom stereocenters. The Morgan fingerprint density at radius 2 is 2.21 bits per heavy atom. The zero-order valence-electron chi connectivity index (χ0n) is 18.0. The number of amides is 1. The van der Waals surface area contributed by atoms with Gasteiger partial charge in [-0.1, -0.05) is 13.8 Å². The summed E-state index contributed by atoms with van der Waals surface area (Å²) in [5.41, 5.74) is 0.515. The second-order valence-electron chi connectivity index (χ2n) is 8.44. The van der Waals surface area contributed by atoms with Crippen molar-refractivity contribution in [2.24, 2.45) is 4.99 Å². The molecule has 0 radical (unpaired) electrons. The van der Waals surface area contributed by atoms with Gasteiger partial charge in [0.05, 0.1) is 17.2 Å². The van der Waals surface area contributed by atoms with Crippen LogP contribution in [-0.2, 0) is 11.3 Å². The monoisotopic (exact) mass is 409 g/mol. The van der Waals surface area contributed by atoms with Crippen molar-refractivity contribution < 1.29 is 9.53 Å². The molecule has 1 aromatic rings. The third-order valence-corrected chi connectivity index (χ3v) is 5.41. The fraction of sp³-hybridized carbons (Fsp3) is 0.750. The Morgan fingerprint density at radius 1 is 1.46 bits per heavy atom. The summed E-state index contributed by atoms with van der Waals surface area (Å²) in [4.78, 5) is 23.5. The molecule has 2 heterocycles. The van der Waals surface area contributed by atoms with Gasteiger partial charge < -0.3 is 20.3 Å². The molecule has 1 unspecified atom stereocenters. The van der Waals surface area contributed by atoms with Gasteiger partial charge in [0, 0.05) is 37.0 Å². The minimum Gasteiger partial charge on any atom is -0.444 e. The minimum atomic E-state index is -0.476. The van der Waals surface area contributed by atoms with Crippen LogP contribution in [-0.4, -0.2) is 53.2 Å². The first-order valence-electron chi connectivity index (χ1n) is 10.1. The van der Waals surface area contributed by atoms with E-state index in [0.29, 0.717) is 19.0 Å². The van der Waals surface area contributed by atoms with Gasteiger partial charge in [-0.3, -0.25) is 0 Å². The number of likely N-dealkylation sites (tertiary alicyclic amines) is 1. The van der Waals surface area contributed by atoms with Crippen LogP contribution in [0.2, 0.25) is 0 Å². The van der Waals surface area contributed by atoms with Gasteiger partial charge in [0.2, 0.25) is 0 Å². The van der Waals surface area contributed by atoms with Crippen molar-refractivity contribution in [3.05, 3.63) is 16.1 Å². The molecular weight excluding hydrogens is 374 g/mol. The Labute approximate surface area is 173 Å². The summed E-state index contributed by atoms with van der Waals surface area (Å²) in [7, 11) is 0. The number of nitrogens with one attached hydrogen (secondary N) is 2. The van der Waals surface area contributed by atoms with Crippen LogP contribution in [0.25, 0.3) is 0 Å². The molecule has 1 aliphatic rings. The number of nitrogens with zero attached hydrogens (tertiary/aromatic N) is 3. The topological polar surface area (TPSA) is 78.9 Å². The number of ether oxygens (including phenoxy) is 1. The molecule has 0 aliphatic carbocycles. The maximum absolute atomic E-state index is 12.4. The van der Waals surface area contributed by atoms with Crippen LogP contribution in [0.3, 0.4) is 0 Å². The molecule has 8 heteroatoms. The average molecular weight is 410 g/mol. The highest BCUT2D eigenvalue weighted by molar-refractivity contribution is 7.09.